The normalized spacial score (nSPS) is 10.4. The molecule has 6 heteroatoms. The molecule has 2 radical (unpaired) electrons. The van der Waals surface area contributed by atoms with Crippen molar-refractivity contribution in [2.24, 2.45) is 23.7 Å². The minimum absolute atomic E-state index is 0. The molecule has 0 aliphatic rings. The van der Waals surface area contributed by atoms with E-state index >= 15 is 0 Å². The summed E-state index contributed by atoms with van der Waals surface area (Å²) in [6.07, 6.45) is 12.3. The van der Waals surface area contributed by atoms with Crippen molar-refractivity contribution in [2.45, 2.75) is 81.1 Å². The van der Waals surface area contributed by atoms with Gasteiger partial charge in [-0.05, 0) is 100 Å². The van der Waals surface area contributed by atoms with E-state index in [-0.39, 0.29) is 40.2 Å². The Morgan fingerprint density at radius 3 is 0.972 bits per heavy atom. The third-order valence-electron chi connectivity index (χ3n) is 11.1. The summed E-state index contributed by atoms with van der Waals surface area (Å²) in [6.45, 7) is 17.8. The number of pyridine rings is 4. The second kappa shape index (κ2) is 31.5. The van der Waals surface area contributed by atoms with E-state index in [4.69, 9.17) is 0 Å². The molecule has 0 saturated carbocycles. The number of nitrogens with zero attached hydrogens (tertiary/aromatic N) is 4. The fourth-order valence-electron chi connectivity index (χ4n) is 7.85. The van der Waals surface area contributed by atoms with Gasteiger partial charge < -0.3 is 15.0 Å². The van der Waals surface area contributed by atoms with Gasteiger partial charge in [0.25, 0.3) is 0 Å². The van der Waals surface area contributed by atoms with Crippen molar-refractivity contribution in [3.8, 4) is 56.2 Å². The molecule has 0 fully saturated rings. The molecule has 0 saturated heterocycles. The van der Waals surface area contributed by atoms with Crippen LogP contribution in [0.1, 0.15) is 77.6 Å². The average Bonchev–Trinajstić information content (AvgIpc) is 3.38. The molecule has 374 valence electrons. The minimum atomic E-state index is 0. The average molecular weight is 1300 g/mol. The second-order valence-electron chi connectivity index (χ2n) is 19.4. The van der Waals surface area contributed by atoms with Crippen molar-refractivity contribution in [3.05, 3.63) is 241 Å². The Bertz CT molecular complexity index is 2600. The van der Waals surface area contributed by atoms with Crippen LogP contribution in [0.25, 0.3) is 56.2 Å². The molecular formula is C66H69Ir2N4-3. The number of rotatable bonds is 13. The van der Waals surface area contributed by atoms with Crippen molar-refractivity contribution >= 4 is 0 Å². The fraction of sp³-hybridized carbons (Fsp3) is 0.242. The van der Waals surface area contributed by atoms with E-state index in [1.165, 1.54) is 38.9 Å². The Kier molecular flexibility index (Phi) is 25.6. The van der Waals surface area contributed by atoms with Crippen molar-refractivity contribution < 1.29 is 40.2 Å². The standard InChI is InChI=1S/C21H20N.C15H17N.2C15H16N.2Ir/c1-16(2)13-17-11-12-21(22-15-17)20-10-6-9-19(14-20)18-7-4-3-5-8-18;3*1-12(2)10-13-8-9-15(16-11-13)14-6-4-3-5-7-14;;/h3-9,11-12,14-16H,13H2,1-2H3;3-9,11-12H,10H2,1-2H3;2*3-6,8-9,11-12H,10H2,1-2H3;;/q-1;;2*-1;;. The summed E-state index contributed by atoms with van der Waals surface area (Å²) in [5.41, 5.74) is 16.0. The Morgan fingerprint density at radius 2 is 0.639 bits per heavy atom. The van der Waals surface area contributed by atoms with E-state index in [1.807, 2.05) is 104 Å². The van der Waals surface area contributed by atoms with E-state index in [0.29, 0.717) is 23.7 Å². The Balaban J connectivity index is 0.000000209. The predicted molar refractivity (Wildman–Crippen MR) is 295 cm³/mol. The maximum atomic E-state index is 4.61. The molecule has 0 bridgehead atoms. The van der Waals surface area contributed by atoms with Crippen LogP contribution in [0.5, 0.6) is 0 Å². The molecule has 4 heterocycles. The van der Waals surface area contributed by atoms with Crippen molar-refractivity contribution in [2.75, 3.05) is 0 Å². The Morgan fingerprint density at radius 1 is 0.306 bits per heavy atom. The summed E-state index contributed by atoms with van der Waals surface area (Å²) in [5.74, 6) is 2.69. The first kappa shape index (κ1) is 58.6. The first-order chi connectivity index (χ1) is 34.0. The van der Waals surface area contributed by atoms with Gasteiger partial charge in [0.15, 0.2) is 0 Å². The molecule has 0 aliphatic heterocycles. The zero-order valence-electron chi connectivity index (χ0n) is 43.1. The monoisotopic (exact) mass is 1300 g/mol. The molecule has 4 nitrogen and oxygen atoms in total. The summed E-state index contributed by atoms with van der Waals surface area (Å²) < 4.78 is 0. The van der Waals surface area contributed by atoms with E-state index in [9.17, 15) is 0 Å². The molecular weight excluding hydrogens is 1230 g/mol. The molecule has 0 amide bonds. The smallest absolute Gasteiger partial charge is 0.0702 e. The summed E-state index contributed by atoms with van der Waals surface area (Å²) in [4.78, 5) is 18.0. The molecule has 72 heavy (non-hydrogen) atoms. The van der Waals surface area contributed by atoms with Crippen LogP contribution in [0.3, 0.4) is 0 Å². The second-order valence-corrected chi connectivity index (χ2v) is 19.4. The van der Waals surface area contributed by atoms with Gasteiger partial charge in [-0.2, -0.15) is 0 Å². The minimum Gasteiger partial charge on any atom is -0.304 e. The third-order valence-corrected chi connectivity index (χ3v) is 11.1. The van der Waals surface area contributed by atoms with Gasteiger partial charge in [0.1, 0.15) is 0 Å². The van der Waals surface area contributed by atoms with E-state index in [2.05, 4.69) is 191 Å². The quantitative estimate of drug-likeness (QED) is 0.108. The number of benzene rings is 5. The third kappa shape index (κ3) is 20.2. The van der Waals surface area contributed by atoms with Crippen molar-refractivity contribution in [3.63, 3.8) is 0 Å². The first-order valence-corrected chi connectivity index (χ1v) is 24.9. The SMILES string of the molecule is CC(C)Cc1ccc(-c2[c-]ccc(-c3ccccc3)c2)nc1.CC(C)Cc1ccc(-c2[c-]cccc2)nc1.CC(C)Cc1ccc(-c2[c-]cccc2)nc1.CC(C)Cc1ccc(-c2ccccc2)nc1.[Ir].[Ir]. The zero-order valence-corrected chi connectivity index (χ0v) is 47.9. The Labute approximate surface area is 459 Å². The summed E-state index contributed by atoms with van der Waals surface area (Å²) in [7, 11) is 0. The van der Waals surface area contributed by atoms with Crippen LogP contribution in [0.2, 0.25) is 0 Å². The fourth-order valence-corrected chi connectivity index (χ4v) is 7.85. The van der Waals surface area contributed by atoms with Gasteiger partial charge in [0.05, 0.1) is 5.69 Å². The van der Waals surface area contributed by atoms with Gasteiger partial charge in [-0.15, -0.1) is 107 Å². The summed E-state index contributed by atoms with van der Waals surface area (Å²) in [5, 5.41) is 0. The molecule has 9 aromatic rings. The molecule has 9 rings (SSSR count). The van der Waals surface area contributed by atoms with E-state index in [0.717, 1.165) is 65.1 Å². The van der Waals surface area contributed by atoms with Crippen LogP contribution in [0.4, 0.5) is 0 Å². The predicted octanol–water partition coefficient (Wildman–Crippen LogP) is 16.9. The van der Waals surface area contributed by atoms with Crippen LogP contribution in [0, 0.1) is 41.9 Å². The van der Waals surface area contributed by atoms with Gasteiger partial charge >= 0.3 is 0 Å². The first-order valence-electron chi connectivity index (χ1n) is 24.9. The molecule has 0 atom stereocenters. The van der Waals surface area contributed by atoms with Gasteiger partial charge in [-0.3, -0.25) is 4.98 Å². The molecule has 5 aromatic carbocycles. The molecule has 0 N–H and O–H groups in total. The molecule has 0 unspecified atom stereocenters. The summed E-state index contributed by atoms with van der Waals surface area (Å²) in [6, 6.07) is 69.4. The maximum Gasteiger partial charge on any atom is 0.0702 e. The number of hydrogen-bond donors (Lipinski definition) is 0. The van der Waals surface area contributed by atoms with Gasteiger partial charge in [0.2, 0.25) is 0 Å². The topological polar surface area (TPSA) is 51.6 Å². The Hall–Kier alpha value is -6.00. The van der Waals surface area contributed by atoms with Gasteiger partial charge in [-0.25, -0.2) is 0 Å². The zero-order chi connectivity index (χ0) is 49.5. The molecule has 0 aliphatic carbocycles. The maximum absolute atomic E-state index is 4.61. The van der Waals surface area contributed by atoms with Crippen molar-refractivity contribution in [1.29, 1.82) is 0 Å². The largest absolute Gasteiger partial charge is 0.304 e. The van der Waals surface area contributed by atoms with Crippen LogP contribution < -0.4 is 0 Å². The van der Waals surface area contributed by atoms with E-state index in [1.54, 1.807) is 0 Å². The van der Waals surface area contributed by atoms with Gasteiger partial charge in [-0.1, -0.05) is 159 Å². The van der Waals surface area contributed by atoms with Crippen LogP contribution in [-0.4, -0.2) is 19.9 Å². The summed E-state index contributed by atoms with van der Waals surface area (Å²) >= 11 is 0. The van der Waals surface area contributed by atoms with E-state index < -0.39 is 0 Å². The molecule has 4 aromatic heterocycles. The van der Waals surface area contributed by atoms with Crippen LogP contribution in [0.15, 0.2) is 201 Å². The van der Waals surface area contributed by atoms with Crippen LogP contribution >= 0.6 is 0 Å². The number of aromatic nitrogens is 4. The molecule has 0 spiro atoms. The van der Waals surface area contributed by atoms with Crippen molar-refractivity contribution in [1.82, 2.24) is 19.9 Å². The van der Waals surface area contributed by atoms with Gasteiger partial charge in [0, 0.05) is 70.6 Å². The number of hydrogen-bond acceptors (Lipinski definition) is 4. The van der Waals surface area contributed by atoms with Crippen LogP contribution in [-0.2, 0) is 65.9 Å².